The van der Waals surface area contributed by atoms with Crippen LogP contribution in [-0.2, 0) is 11.3 Å². The fraction of sp³-hybridized carbons (Fsp3) is 0.400. The van der Waals surface area contributed by atoms with E-state index < -0.39 is 0 Å². The van der Waals surface area contributed by atoms with E-state index in [-0.39, 0.29) is 12.9 Å². The van der Waals surface area contributed by atoms with Gasteiger partial charge in [0.15, 0.2) is 6.29 Å². The van der Waals surface area contributed by atoms with Crippen molar-refractivity contribution in [3.63, 3.8) is 0 Å². The Bertz CT molecular complexity index is 658. The first-order chi connectivity index (χ1) is 11.2. The molecule has 1 heterocycles. The first-order valence-corrected chi connectivity index (χ1v) is 8.28. The van der Waals surface area contributed by atoms with E-state index in [2.05, 4.69) is 18.2 Å². The number of hydrogen-bond acceptors (Lipinski definition) is 3. The van der Waals surface area contributed by atoms with Gasteiger partial charge in [-0.3, -0.25) is 0 Å². The van der Waals surface area contributed by atoms with Crippen LogP contribution < -0.4 is 4.74 Å². The molecule has 1 aliphatic heterocycles. The Hall–Kier alpha value is -1.84. The Morgan fingerprint density at radius 1 is 1.17 bits per heavy atom. The minimum absolute atomic E-state index is 0.0323. The van der Waals surface area contributed by atoms with E-state index >= 15 is 0 Å². The second kappa shape index (κ2) is 7.16. The summed E-state index contributed by atoms with van der Waals surface area (Å²) in [5.41, 5.74) is 5.26. The van der Waals surface area contributed by atoms with E-state index in [1.807, 2.05) is 32.0 Å². The van der Waals surface area contributed by atoms with E-state index in [9.17, 15) is 5.11 Å². The molecule has 1 fully saturated rings. The largest absolute Gasteiger partial charge is 0.464 e. The van der Waals surface area contributed by atoms with Crippen molar-refractivity contribution in [2.75, 3.05) is 6.61 Å². The molecule has 0 radical (unpaired) electrons. The van der Waals surface area contributed by atoms with Crippen LogP contribution >= 0.6 is 0 Å². The highest BCUT2D eigenvalue weighted by Gasteiger charge is 2.21. The molecule has 0 aliphatic carbocycles. The van der Waals surface area contributed by atoms with Gasteiger partial charge in [0.2, 0.25) is 0 Å². The molecule has 0 aromatic heterocycles. The molecule has 1 aliphatic rings. The fourth-order valence-electron chi connectivity index (χ4n) is 3.17. The molecule has 0 bridgehead atoms. The summed E-state index contributed by atoms with van der Waals surface area (Å²) in [6.07, 6.45) is 2.93. The minimum atomic E-state index is -0.199. The number of aliphatic hydroxyl groups excluding tert-OH is 1. The van der Waals surface area contributed by atoms with E-state index in [0.717, 1.165) is 59.4 Å². The van der Waals surface area contributed by atoms with Gasteiger partial charge < -0.3 is 14.6 Å². The van der Waals surface area contributed by atoms with Crippen molar-refractivity contribution in [1.29, 1.82) is 0 Å². The zero-order valence-corrected chi connectivity index (χ0v) is 13.8. The molecule has 1 unspecified atom stereocenters. The van der Waals surface area contributed by atoms with Gasteiger partial charge in [-0.1, -0.05) is 30.3 Å². The third-order valence-corrected chi connectivity index (χ3v) is 4.48. The Morgan fingerprint density at radius 3 is 2.61 bits per heavy atom. The van der Waals surface area contributed by atoms with Gasteiger partial charge in [0.05, 0.1) is 13.2 Å². The van der Waals surface area contributed by atoms with E-state index in [1.165, 1.54) is 0 Å². The van der Waals surface area contributed by atoms with E-state index in [0.29, 0.717) is 0 Å². The first-order valence-electron chi connectivity index (χ1n) is 8.28. The number of hydrogen-bond donors (Lipinski definition) is 1. The van der Waals surface area contributed by atoms with Gasteiger partial charge in [-0.2, -0.15) is 0 Å². The maximum absolute atomic E-state index is 9.90. The summed E-state index contributed by atoms with van der Waals surface area (Å²) in [7, 11) is 0. The summed E-state index contributed by atoms with van der Waals surface area (Å²) in [5, 5.41) is 9.90. The lowest BCUT2D eigenvalue weighted by molar-refractivity contribution is -0.106. The van der Waals surface area contributed by atoms with Crippen molar-refractivity contribution in [3.8, 4) is 16.9 Å². The molecule has 0 spiro atoms. The van der Waals surface area contributed by atoms with Crippen LogP contribution in [0.1, 0.15) is 36.0 Å². The summed E-state index contributed by atoms with van der Waals surface area (Å²) in [6, 6.07) is 12.4. The maximum Gasteiger partial charge on any atom is 0.199 e. The Kier molecular flexibility index (Phi) is 4.99. The monoisotopic (exact) mass is 312 g/mol. The number of aryl methyl sites for hydroxylation is 1. The Labute approximate surface area is 137 Å². The van der Waals surface area contributed by atoms with Crippen molar-refractivity contribution in [3.05, 3.63) is 53.1 Å². The van der Waals surface area contributed by atoms with Gasteiger partial charge in [0, 0.05) is 12.0 Å². The lowest BCUT2D eigenvalue weighted by Gasteiger charge is -2.26. The molecule has 1 atom stereocenters. The molecule has 0 amide bonds. The van der Waals surface area contributed by atoms with E-state index in [1.54, 1.807) is 0 Å². The third kappa shape index (κ3) is 3.41. The maximum atomic E-state index is 9.90. The van der Waals surface area contributed by atoms with Crippen LogP contribution in [0.3, 0.4) is 0 Å². The summed E-state index contributed by atoms with van der Waals surface area (Å²) >= 11 is 0. The van der Waals surface area contributed by atoms with E-state index in [4.69, 9.17) is 9.47 Å². The van der Waals surface area contributed by atoms with Gasteiger partial charge in [-0.05, 0) is 55.0 Å². The lowest BCUT2D eigenvalue weighted by atomic mass is 9.93. The average molecular weight is 312 g/mol. The van der Waals surface area contributed by atoms with Gasteiger partial charge in [0.25, 0.3) is 0 Å². The minimum Gasteiger partial charge on any atom is -0.464 e. The predicted molar refractivity (Wildman–Crippen MR) is 91.5 cm³/mol. The van der Waals surface area contributed by atoms with Crippen LogP contribution in [0.25, 0.3) is 11.1 Å². The predicted octanol–water partition coefficient (Wildman–Crippen LogP) is 4.37. The fourth-order valence-corrected chi connectivity index (χ4v) is 3.17. The molecule has 0 saturated carbocycles. The molecule has 122 valence electrons. The molecule has 23 heavy (non-hydrogen) atoms. The number of benzene rings is 2. The normalized spacial score (nSPS) is 18.0. The van der Waals surface area contributed by atoms with Crippen LogP contribution in [0.4, 0.5) is 0 Å². The van der Waals surface area contributed by atoms with Crippen LogP contribution in [0.15, 0.2) is 36.4 Å². The Morgan fingerprint density at radius 2 is 1.96 bits per heavy atom. The zero-order valence-electron chi connectivity index (χ0n) is 13.8. The third-order valence-electron chi connectivity index (χ3n) is 4.48. The second-order valence-electron chi connectivity index (χ2n) is 6.11. The number of ether oxygens (including phenoxy) is 2. The lowest BCUT2D eigenvalue weighted by Crippen LogP contribution is -2.26. The topological polar surface area (TPSA) is 38.7 Å². The standard InChI is InChI=1S/C20H24O3/c1-14-12-17(16-8-4-3-5-9-16)15(2)18(13-21)20(14)23-19-10-6-7-11-22-19/h3-5,8-9,12,19,21H,6-7,10-11,13H2,1-2H3. The molecule has 2 aromatic rings. The summed E-state index contributed by atoms with van der Waals surface area (Å²) < 4.78 is 11.8. The quantitative estimate of drug-likeness (QED) is 0.911. The SMILES string of the molecule is Cc1cc(-c2ccccc2)c(C)c(CO)c1OC1CCCCO1. The van der Waals surface area contributed by atoms with Crippen LogP contribution in [-0.4, -0.2) is 18.0 Å². The second-order valence-corrected chi connectivity index (χ2v) is 6.11. The first kappa shape index (κ1) is 16.0. The molecular weight excluding hydrogens is 288 g/mol. The van der Waals surface area contributed by atoms with Gasteiger partial charge in [0.1, 0.15) is 5.75 Å². The molecule has 3 heteroatoms. The summed E-state index contributed by atoms with van der Waals surface area (Å²) in [5.74, 6) is 0.775. The highest BCUT2D eigenvalue weighted by molar-refractivity contribution is 5.71. The van der Waals surface area contributed by atoms with Crippen LogP contribution in [0.2, 0.25) is 0 Å². The van der Waals surface area contributed by atoms with Crippen molar-refractivity contribution < 1.29 is 14.6 Å². The summed E-state index contributed by atoms with van der Waals surface area (Å²) in [4.78, 5) is 0. The number of rotatable bonds is 4. The zero-order chi connectivity index (χ0) is 16.2. The smallest absolute Gasteiger partial charge is 0.199 e. The molecule has 1 saturated heterocycles. The van der Waals surface area contributed by atoms with Crippen molar-refractivity contribution in [2.24, 2.45) is 0 Å². The highest BCUT2D eigenvalue weighted by Crippen LogP contribution is 2.36. The van der Waals surface area contributed by atoms with Gasteiger partial charge in [-0.15, -0.1) is 0 Å². The molecule has 1 N–H and O–H groups in total. The van der Waals surface area contributed by atoms with Crippen LogP contribution in [0, 0.1) is 13.8 Å². The van der Waals surface area contributed by atoms with Crippen molar-refractivity contribution in [1.82, 2.24) is 0 Å². The van der Waals surface area contributed by atoms with Crippen molar-refractivity contribution in [2.45, 2.75) is 46.0 Å². The average Bonchev–Trinajstić information content (AvgIpc) is 2.60. The van der Waals surface area contributed by atoms with Gasteiger partial charge in [-0.25, -0.2) is 0 Å². The van der Waals surface area contributed by atoms with Crippen molar-refractivity contribution >= 4 is 0 Å². The summed E-state index contributed by atoms with van der Waals surface area (Å²) in [6.45, 7) is 4.79. The molecular formula is C20H24O3. The van der Waals surface area contributed by atoms with Gasteiger partial charge >= 0.3 is 0 Å². The highest BCUT2D eigenvalue weighted by atomic mass is 16.7. The Balaban J connectivity index is 1.99. The molecule has 3 rings (SSSR count). The number of aliphatic hydroxyl groups is 1. The van der Waals surface area contributed by atoms with Crippen LogP contribution in [0.5, 0.6) is 5.75 Å². The molecule has 2 aromatic carbocycles. The molecule has 3 nitrogen and oxygen atoms in total.